The largest absolute Gasteiger partial charge is 0.497 e. The van der Waals surface area contributed by atoms with Crippen LogP contribution in [-0.4, -0.2) is 34.9 Å². The number of nitrogens with two attached hydrogens (primary N) is 1. The van der Waals surface area contributed by atoms with Crippen molar-refractivity contribution in [2.24, 2.45) is 17.8 Å². The molecule has 1 heterocycles. The molecule has 120 valence electrons. The summed E-state index contributed by atoms with van der Waals surface area (Å²) >= 11 is 0. The number of halogens is 1. The number of guanidine groups is 1. The molecule has 22 heavy (non-hydrogen) atoms. The van der Waals surface area contributed by atoms with Gasteiger partial charge in [-0.25, -0.2) is 4.99 Å². The van der Waals surface area contributed by atoms with Crippen LogP contribution < -0.4 is 20.5 Å². The monoisotopic (exact) mass is 418 g/mol. The molecule has 2 rings (SSSR count). The molecule has 0 aliphatic carbocycles. The van der Waals surface area contributed by atoms with Crippen molar-refractivity contribution in [1.29, 1.82) is 0 Å². The molecule has 0 atom stereocenters. The van der Waals surface area contributed by atoms with E-state index in [4.69, 9.17) is 15.2 Å². The Hall–Kier alpha value is -2.04. The van der Waals surface area contributed by atoms with Gasteiger partial charge in [0.1, 0.15) is 24.4 Å². The number of nitrogens with zero attached hydrogens (tertiary/aromatic N) is 4. The summed E-state index contributed by atoms with van der Waals surface area (Å²) in [6, 6.07) is 5.37. The quantitative estimate of drug-likeness (QED) is 0.433. The summed E-state index contributed by atoms with van der Waals surface area (Å²) in [6.07, 6.45) is 1.61. The summed E-state index contributed by atoms with van der Waals surface area (Å²) in [6.45, 7) is 0.335. The number of rotatable bonds is 5. The van der Waals surface area contributed by atoms with E-state index in [1.807, 2.05) is 7.05 Å². The summed E-state index contributed by atoms with van der Waals surface area (Å²) < 4.78 is 12.2. The van der Waals surface area contributed by atoms with Crippen LogP contribution in [0.4, 0.5) is 5.69 Å². The maximum atomic E-state index is 5.87. The fraction of sp³-hybridized carbons (Fsp3) is 0.308. The second kappa shape index (κ2) is 8.41. The summed E-state index contributed by atoms with van der Waals surface area (Å²) in [4.78, 5) is 4.22. The normalized spacial score (nSPS) is 10.8. The Morgan fingerprint density at radius 1 is 1.36 bits per heavy atom. The van der Waals surface area contributed by atoms with Gasteiger partial charge >= 0.3 is 0 Å². The maximum absolute atomic E-state index is 5.87. The Morgan fingerprint density at radius 3 is 2.73 bits per heavy atom. The Kier molecular flexibility index (Phi) is 6.89. The van der Waals surface area contributed by atoms with E-state index in [1.165, 1.54) is 0 Å². The fourth-order valence-corrected chi connectivity index (χ4v) is 1.70. The van der Waals surface area contributed by atoms with E-state index in [0.717, 1.165) is 5.82 Å². The first kappa shape index (κ1) is 18.0. The number of nitrogens with one attached hydrogen (secondary N) is 1. The molecule has 9 heteroatoms. The number of methoxy groups -OCH3 is 2. The minimum Gasteiger partial charge on any atom is -0.497 e. The van der Waals surface area contributed by atoms with E-state index in [2.05, 4.69) is 20.5 Å². The molecule has 0 spiro atoms. The van der Waals surface area contributed by atoms with Crippen molar-refractivity contribution in [3.8, 4) is 11.5 Å². The van der Waals surface area contributed by atoms with Crippen LogP contribution in [0.1, 0.15) is 5.82 Å². The average molecular weight is 418 g/mol. The molecule has 0 radical (unpaired) electrons. The number of benzene rings is 1. The Bertz CT molecular complexity index is 643. The third-order valence-corrected chi connectivity index (χ3v) is 2.87. The third kappa shape index (κ3) is 4.48. The molecule has 1 aromatic carbocycles. The van der Waals surface area contributed by atoms with Gasteiger partial charge in [0, 0.05) is 13.1 Å². The maximum Gasteiger partial charge on any atom is 0.193 e. The molecule has 3 N–H and O–H groups in total. The smallest absolute Gasteiger partial charge is 0.193 e. The van der Waals surface area contributed by atoms with Crippen molar-refractivity contribution in [2.45, 2.75) is 6.54 Å². The third-order valence-electron chi connectivity index (χ3n) is 2.87. The van der Waals surface area contributed by atoms with Gasteiger partial charge in [0.25, 0.3) is 0 Å². The number of hydrogen-bond acceptors (Lipinski definition) is 5. The number of hydrogen-bond donors (Lipinski definition) is 2. The number of anilines is 1. The second-order valence-corrected chi connectivity index (χ2v) is 4.25. The van der Waals surface area contributed by atoms with Crippen LogP contribution in [0.5, 0.6) is 11.5 Å². The zero-order chi connectivity index (χ0) is 15.2. The first-order valence-corrected chi connectivity index (χ1v) is 6.26. The lowest BCUT2D eigenvalue weighted by molar-refractivity contribution is 0.405. The van der Waals surface area contributed by atoms with Crippen LogP contribution in [0, 0.1) is 0 Å². The van der Waals surface area contributed by atoms with Crippen LogP contribution in [0.25, 0.3) is 0 Å². The van der Waals surface area contributed by atoms with Gasteiger partial charge in [-0.3, -0.25) is 0 Å². The van der Waals surface area contributed by atoms with Crippen LogP contribution in [0.3, 0.4) is 0 Å². The highest BCUT2D eigenvalue weighted by Crippen LogP contribution is 2.28. The van der Waals surface area contributed by atoms with Crippen molar-refractivity contribution in [1.82, 2.24) is 14.8 Å². The number of ether oxygens (including phenoxy) is 2. The van der Waals surface area contributed by atoms with Crippen molar-refractivity contribution < 1.29 is 9.47 Å². The lowest BCUT2D eigenvalue weighted by Gasteiger charge is -2.12. The summed E-state index contributed by atoms with van der Waals surface area (Å²) in [5.41, 5.74) is 6.55. The molecule has 0 aliphatic heterocycles. The van der Waals surface area contributed by atoms with Crippen molar-refractivity contribution in [2.75, 3.05) is 19.5 Å². The zero-order valence-electron chi connectivity index (χ0n) is 12.6. The predicted octanol–water partition coefficient (Wildman–Crippen LogP) is 1.38. The Labute approximate surface area is 145 Å². The average Bonchev–Trinajstić information content (AvgIpc) is 2.90. The van der Waals surface area contributed by atoms with Crippen LogP contribution in [0.2, 0.25) is 0 Å². The number of aryl methyl sites for hydroxylation is 1. The van der Waals surface area contributed by atoms with Gasteiger partial charge in [0.15, 0.2) is 11.8 Å². The zero-order valence-corrected chi connectivity index (χ0v) is 14.9. The van der Waals surface area contributed by atoms with Gasteiger partial charge in [0.05, 0.1) is 19.9 Å². The van der Waals surface area contributed by atoms with Crippen LogP contribution in [0.15, 0.2) is 29.5 Å². The Morgan fingerprint density at radius 2 is 2.14 bits per heavy atom. The number of aromatic nitrogens is 3. The van der Waals surface area contributed by atoms with Gasteiger partial charge in [-0.05, 0) is 12.1 Å². The van der Waals surface area contributed by atoms with Crippen molar-refractivity contribution >= 4 is 35.6 Å². The first-order valence-electron chi connectivity index (χ1n) is 6.26. The molecule has 2 aromatic rings. The first-order chi connectivity index (χ1) is 10.1. The van der Waals surface area contributed by atoms with Gasteiger partial charge in [-0.1, -0.05) is 0 Å². The van der Waals surface area contributed by atoms with E-state index in [0.29, 0.717) is 23.7 Å². The van der Waals surface area contributed by atoms with Gasteiger partial charge < -0.3 is 25.1 Å². The molecule has 0 saturated carbocycles. The topological polar surface area (TPSA) is 99.6 Å². The summed E-state index contributed by atoms with van der Waals surface area (Å²) in [5, 5.41) is 10.7. The van der Waals surface area contributed by atoms with E-state index < -0.39 is 0 Å². The second-order valence-electron chi connectivity index (χ2n) is 4.25. The minimum atomic E-state index is 0. The molecular formula is C13H19IN6O2. The van der Waals surface area contributed by atoms with Gasteiger partial charge in [0.2, 0.25) is 0 Å². The van der Waals surface area contributed by atoms with E-state index >= 15 is 0 Å². The fourth-order valence-electron chi connectivity index (χ4n) is 1.70. The Balaban J connectivity index is 0.00000242. The lowest BCUT2D eigenvalue weighted by atomic mass is 10.2. The SMILES string of the molecule is COc1ccc(OC)c(NC(N)=NCc2nncn2C)c1.I. The molecular weight excluding hydrogens is 399 g/mol. The van der Waals surface area contributed by atoms with E-state index in [1.54, 1.807) is 43.3 Å². The summed E-state index contributed by atoms with van der Waals surface area (Å²) in [7, 11) is 5.02. The van der Waals surface area contributed by atoms with Gasteiger partial charge in [-0.2, -0.15) is 0 Å². The van der Waals surface area contributed by atoms with Crippen molar-refractivity contribution in [3.63, 3.8) is 0 Å². The molecule has 0 aliphatic rings. The highest BCUT2D eigenvalue weighted by atomic mass is 127. The number of aliphatic imine (C=N–C) groups is 1. The molecule has 0 unspecified atom stereocenters. The van der Waals surface area contributed by atoms with Gasteiger partial charge in [-0.15, -0.1) is 34.2 Å². The van der Waals surface area contributed by atoms with E-state index in [9.17, 15) is 0 Å². The molecule has 0 fully saturated rings. The molecule has 8 nitrogen and oxygen atoms in total. The molecule has 0 amide bonds. The lowest BCUT2D eigenvalue weighted by Crippen LogP contribution is -2.23. The standard InChI is InChI=1S/C13H18N6O2.HI/c1-19-8-16-18-12(19)7-15-13(14)17-10-6-9(20-2)4-5-11(10)21-3;/h4-6,8H,7H2,1-3H3,(H3,14,15,17);1H. The van der Waals surface area contributed by atoms with Crippen LogP contribution >= 0.6 is 24.0 Å². The van der Waals surface area contributed by atoms with E-state index in [-0.39, 0.29) is 29.9 Å². The van der Waals surface area contributed by atoms with Crippen molar-refractivity contribution in [3.05, 3.63) is 30.4 Å². The molecule has 1 aromatic heterocycles. The van der Waals surface area contributed by atoms with Crippen LogP contribution in [-0.2, 0) is 13.6 Å². The highest BCUT2D eigenvalue weighted by Gasteiger charge is 2.06. The molecule has 0 bridgehead atoms. The highest BCUT2D eigenvalue weighted by molar-refractivity contribution is 14.0. The summed E-state index contributed by atoms with van der Waals surface area (Å²) in [5.74, 6) is 2.31. The minimum absolute atomic E-state index is 0. The predicted molar refractivity (Wildman–Crippen MR) is 94.9 cm³/mol. The molecule has 0 saturated heterocycles.